The third-order valence-electron chi connectivity index (χ3n) is 2.89. The molecule has 5 heteroatoms. The van der Waals surface area contributed by atoms with E-state index in [2.05, 4.69) is 10.6 Å². The standard InChI is InChI=1S/C16H17FN2O2/c17-13-7-4-8-14(10-13)19-16(21)18-11-15(20)9-12-5-2-1-3-6-12/h1-8,10,15,20H,9,11H2,(H2,18,19,21). The number of aliphatic hydroxyl groups is 1. The summed E-state index contributed by atoms with van der Waals surface area (Å²) in [5, 5.41) is 14.9. The Morgan fingerprint density at radius 2 is 1.90 bits per heavy atom. The van der Waals surface area contributed by atoms with E-state index < -0.39 is 18.0 Å². The van der Waals surface area contributed by atoms with Gasteiger partial charge in [-0.1, -0.05) is 36.4 Å². The fourth-order valence-corrected chi connectivity index (χ4v) is 1.91. The summed E-state index contributed by atoms with van der Waals surface area (Å²) in [5.41, 5.74) is 1.36. The van der Waals surface area contributed by atoms with E-state index in [1.54, 1.807) is 6.07 Å². The van der Waals surface area contributed by atoms with E-state index >= 15 is 0 Å². The molecule has 2 rings (SSSR count). The highest BCUT2D eigenvalue weighted by atomic mass is 19.1. The van der Waals surface area contributed by atoms with Crippen LogP contribution in [-0.4, -0.2) is 23.8 Å². The second kappa shape index (κ2) is 7.40. The van der Waals surface area contributed by atoms with Gasteiger partial charge in [-0.15, -0.1) is 0 Å². The van der Waals surface area contributed by atoms with Crippen LogP contribution in [0.3, 0.4) is 0 Å². The van der Waals surface area contributed by atoms with Gasteiger partial charge in [0.25, 0.3) is 0 Å². The van der Waals surface area contributed by atoms with E-state index in [-0.39, 0.29) is 6.54 Å². The van der Waals surface area contributed by atoms with E-state index in [9.17, 15) is 14.3 Å². The van der Waals surface area contributed by atoms with Crippen LogP contribution >= 0.6 is 0 Å². The van der Waals surface area contributed by atoms with Crippen LogP contribution in [0.4, 0.5) is 14.9 Å². The van der Waals surface area contributed by atoms with Gasteiger partial charge in [0.15, 0.2) is 0 Å². The SMILES string of the molecule is O=C(NCC(O)Cc1ccccc1)Nc1cccc(F)c1. The quantitative estimate of drug-likeness (QED) is 0.792. The highest BCUT2D eigenvalue weighted by molar-refractivity contribution is 5.89. The molecule has 110 valence electrons. The van der Waals surface area contributed by atoms with Crippen molar-refractivity contribution in [1.29, 1.82) is 0 Å². The minimum absolute atomic E-state index is 0.121. The van der Waals surface area contributed by atoms with Crippen molar-refractivity contribution < 1.29 is 14.3 Å². The Morgan fingerprint density at radius 1 is 1.14 bits per heavy atom. The van der Waals surface area contributed by atoms with Gasteiger partial charge in [0.1, 0.15) is 5.82 Å². The zero-order valence-electron chi connectivity index (χ0n) is 11.4. The maximum absolute atomic E-state index is 13.0. The average molecular weight is 288 g/mol. The van der Waals surface area contributed by atoms with E-state index in [4.69, 9.17) is 0 Å². The topological polar surface area (TPSA) is 61.4 Å². The van der Waals surface area contributed by atoms with Crippen molar-refractivity contribution in [2.75, 3.05) is 11.9 Å². The molecule has 21 heavy (non-hydrogen) atoms. The molecule has 3 N–H and O–H groups in total. The van der Waals surface area contributed by atoms with Gasteiger partial charge in [-0.3, -0.25) is 0 Å². The molecule has 2 amide bonds. The number of nitrogens with one attached hydrogen (secondary N) is 2. The number of rotatable bonds is 5. The summed E-state index contributed by atoms with van der Waals surface area (Å²) in [6.07, 6.45) is -0.216. The van der Waals surface area contributed by atoms with Crippen molar-refractivity contribution in [1.82, 2.24) is 5.32 Å². The lowest BCUT2D eigenvalue weighted by Crippen LogP contribution is -2.36. The second-order valence-corrected chi connectivity index (χ2v) is 4.69. The summed E-state index contributed by atoms with van der Waals surface area (Å²) in [7, 11) is 0. The number of amides is 2. The predicted molar refractivity (Wildman–Crippen MR) is 79.6 cm³/mol. The smallest absolute Gasteiger partial charge is 0.319 e. The first-order valence-electron chi connectivity index (χ1n) is 6.66. The lowest BCUT2D eigenvalue weighted by molar-refractivity contribution is 0.172. The van der Waals surface area contributed by atoms with Gasteiger partial charge in [-0.2, -0.15) is 0 Å². The average Bonchev–Trinajstić information content (AvgIpc) is 2.46. The van der Waals surface area contributed by atoms with Gasteiger partial charge < -0.3 is 15.7 Å². The zero-order valence-corrected chi connectivity index (χ0v) is 11.4. The van der Waals surface area contributed by atoms with E-state index in [0.29, 0.717) is 12.1 Å². The number of carbonyl (C=O) groups is 1. The van der Waals surface area contributed by atoms with Crippen LogP contribution in [0.5, 0.6) is 0 Å². The van der Waals surface area contributed by atoms with E-state index in [1.807, 2.05) is 30.3 Å². The number of halogens is 1. The first-order valence-corrected chi connectivity index (χ1v) is 6.66. The molecule has 0 aliphatic rings. The third kappa shape index (κ3) is 5.24. The van der Waals surface area contributed by atoms with Crippen molar-refractivity contribution in [3.05, 3.63) is 66.0 Å². The zero-order chi connectivity index (χ0) is 15.1. The molecule has 0 fully saturated rings. The van der Waals surface area contributed by atoms with Crippen molar-refractivity contribution in [2.45, 2.75) is 12.5 Å². The Kier molecular flexibility index (Phi) is 5.29. The van der Waals surface area contributed by atoms with Crippen LogP contribution < -0.4 is 10.6 Å². The molecule has 0 saturated carbocycles. The molecule has 0 radical (unpaired) electrons. The monoisotopic (exact) mass is 288 g/mol. The molecule has 0 aromatic heterocycles. The number of carbonyl (C=O) groups excluding carboxylic acids is 1. The summed E-state index contributed by atoms with van der Waals surface area (Å²) >= 11 is 0. The van der Waals surface area contributed by atoms with Crippen LogP contribution in [0.2, 0.25) is 0 Å². The molecule has 4 nitrogen and oxygen atoms in total. The lowest BCUT2D eigenvalue weighted by Gasteiger charge is -2.12. The highest BCUT2D eigenvalue weighted by Gasteiger charge is 2.08. The number of hydrogen-bond donors (Lipinski definition) is 3. The Morgan fingerprint density at radius 3 is 2.62 bits per heavy atom. The molecule has 1 atom stereocenters. The minimum Gasteiger partial charge on any atom is -0.391 e. The maximum atomic E-state index is 13.0. The summed E-state index contributed by atoms with van der Waals surface area (Å²) in [5.74, 6) is -0.420. The highest BCUT2D eigenvalue weighted by Crippen LogP contribution is 2.08. The first kappa shape index (κ1) is 15.0. The summed E-state index contributed by atoms with van der Waals surface area (Å²) in [6.45, 7) is 0.121. The van der Waals surface area contributed by atoms with Crippen LogP contribution in [0.25, 0.3) is 0 Å². The molecule has 0 saturated heterocycles. The van der Waals surface area contributed by atoms with Gasteiger partial charge in [-0.05, 0) is 23.8 Å². The molecule has 2 aromatic rings. The van der Waals surface area contributed by atoms with Crippen molar-refractivity contribution in [3.8, 4) is 0 Å². The number of aliphatic hydroxyl groups excluding tert-OH is 1. The van der Waals surface area contributed by atoms with Gasteiger partial charge >= 0.3 is 6.03 Å². The lowest BCUT2D eigenvalue weighted by atomic mass is 10.1. The number of anilines is 1. The fourth-order valence-electron chi connectivity index (χ4n) is 1.91. The normalized spacial score (nSPS) is 11.7. The van der Waals surface area contributed by atoms with Gasteiger partial charge in [0.2, 0.25) is 0 Å². The molecule has 0 aliphatic heterocycles. The Bertz CT molecular complexity index is 590. The molecule has 1 unspecified atom stereocenters. The first-order chi connectivity index (χ1) is 10.1. The molecule has 0 bridgehead atoms. The Hall–Kier alpha value is -2.40. The van der Waals surface area contributed by atoms with Crippen LogP contribution in [0, 0.1) is 5.82 Å². The fraction of sp³-hybridized carbons (Fsp3) is 0.188. The summed E-state index contributed by atoms with van der Waals surface area (Å²) < 4.78 is 13.0. The largest absolute Gasteiger partial charge is 0.391 e. The van der Waals surface area contributed by atoms with Gasteiger partial charge in [0, 0.05) is 18.7 Å². The van der Waals surface area contributed by atoms with E-state index in [1.165, 1.54) is 18.2 Å². The molecule has 0 aliphatic carbocycles. The van der Waals surface area contributed by atoms with Crippen LogP contribution in [0.1, 0.15) is 5.56 Å². The number of benzene rings is 2. The molecular formula is C16H17FN2O2. The van der Waals surface area contributed by atoms with Gasteiger partial charge in [0.05, 0.1) is 6.10 Å². The van der Waals surface area contributed by atoms with Gasteiger partial charge in [-0.25, -0.2) is 9.18 Å². The second-order valence-electron chi connectivity index (χ2n) is 4.69. The van der Waals surface area contributed by atoms with Crippen molar-refractivity contribution in [2.24, 2.45) is 0 Å². The number of hydrogen-bond acceptors (Lipinski definition) is 2. The van der Waals surface area contributed by atoms with Crippen molar-refractivity contribution in [3.63, 3.8) is 0 Å². The van der Waals surface area contributed by atoms with Crippen LogP contribution in [0.15, 0.2) is 54.6 Å². The van der Waals surface area contributed by atoms with Crippen molar-refractivity contribution >= 4 is 11.7 Å². The molecule has 2 aromatic carbocycles. The third-order valence-corrected chi connectivity index (χ3v) is 2.89. The number of urea groups is 1. The summed E-state index contributed by atoms with van der Waals surface area (Å²) in [4.78, 5) is 11.6. The Labute approximate surface area is 122 Å². The maximum Gasteiger partial charge on any atom is 0.319 e. The Balaban J connectivity index is 1.76. The van der Waals surface area contributed by atoms with E-state index in [0.717, 1.165) is 5.56 Å². The van der Waals surface area contributed by atoms with Crippen LogP contribution in [-0.2, 0) is 6.42 Å². The molecule has 0 spiro atoms. The molecular weight excluding hydrogens is 271 g/mol. The molecule has 0 heterocycles. The minimum atomic E-state index is -0.675. The predicted octanol–water partition coefficient (Wildman–Crippen LogP) is 2.55. The summed E-state index contributed by atoms with van der Waals surface area (Å²) in [6, 6.07) is 14.7.